The minimum Gasteiger partial charge on any atom is -0.496 e. The van der Waals surface area contributed by atoms with Crippen LogP contribution in [0, 0.1) is 16.3 Å². The molecule has 0 aliphatic heterocycles. The van der Waals surface area contributed by atoms with E-state index in [4.69, 9.17) is 4.74 Å². The zero-order chi connectivity index (χ0) is 15.6. The lowest BCUT2D eigenvalue weighted by molar-refractivity contribution is 0.405. The van der Waals surface area contributed by atoms with Crippen molar-refractivity contribution < 1.29 is 9.13 Å². The summed E-state index contributed by atoms with van der Waals surface area (Å²) in [6.45, 7) is 2.02. The van der Waals surface area contributed by atoms with Gasteiger partial charge < -0.3 is 10.1 Å². The number of benzene rings is 2. The number of nitrogens with one attached hydrogen (secondary N) is 1. The van der Waals surface area contributed by atoms with Gasteiger partial charge in [-0.15, -0.1) is 0 Å². The highest BCUT2D eigenvalue weighted by Crippen LogP contribution is 2.35. The largest absolute Gasteiger partial charge is 0.496 e. The summed E-state index contributed by atoms with van der Waals surface area (Å²) >= 11 is 5.72. The quantitative estimate of drug-likeness (QED) is 0.656. The zero-order valence-corrected chi connectivity index (χ0v) is 15.7. The van der Waals surface area contributed by atoms with Crippen LogP contribution in [-0.4, -0.2) is 14.2 Å². The SMILES string of the molecule is CNC(c1ccc(F)cc1I)c1cc(Br)c(C)cc1OC. The molecule has 0 saturated carbocycles. The van der Waals surface area contributed by atoms with Crippen LogP contribution >= 0.6 is 38.5 Å². The van der Waals surface area contributed by atoms with Crippen molar-refractivity contribution in [1.29, 1.82) is 0 Å². The molecule has 0 bridgehead atoms. The van der Waals surface area contributed by atoms with E-state index in [9.17, 15) is 4.39 Å². The third kappa shape index (κ3) is 3.57. The molecule has 0 aliphatic carbocycles. The monoisotopic (exact) mass is 463 g/mol. The van der Waals surface area contributed by atoms with Gasteiger partial charge in [-0.1, -0.05) is 22.0 Å². The van der Waals surface area contributed by atoms with Gasteiger partial charge in [0.25, 0.3) is 0 Å². The Balaban J connectivity index is 2.58. The van der Waals surface area contributed by atoms with Crippen LogP contribution in [0.3, 0.4) is 0 Å². The summed E-state index contributed by atoms with van der Waals surface area (Å²) in [6, 6.07) is 8.82. The maximum absolute atomic E-state index is 13.3. The van der Waals surface area contributed by atoms with Gasteiger partial charge in [0.2, 0.25) is 0 Å². The van der Waals surface area contributed by atoms with E-state index in [0.29, 0.717) is 0 Å². The lowest BCUT2D eigenvalue weighted by Crippen LogP contribution is -2.19. The summed E-state index contributed by atoms with van der Waals surface area (Å²) in [4.78, 5) is 0. The molecule has 5 heteroatoms. The second-order valence-electron chi connectivity index (χ2n) is 4.73. The second kappa shape index (κ2) is 7.07. The third-order valence-corrected chi connectivity index (χ3v) is 5.17. The van der Waals surface area contributed by atoms with Crippen molar-refractivity contribution in [3.8, 4) is 5.75 Å². The number of hydrogen-bond donors (Lipinski definition) is 1. The Morgan fingerprint density at radius 3 is 2.52 bits per heavy atom. The molecule has 112 valence electrons. The van der Waals surface area contributed by atoms with Crippen LogP contribution in [0.15, 0.2) is 34.8 Å². The number of rotatable bonds is 4. The summed E-state index contributed by atoms with van der Waals surface area (Å²) in [6.07, 6.45) is 0. The molecule has 2 nitrogen and oxygen atoms in total. The first-order chi connectivity index (χ1) is 9.97. The fraction of sp³-hybridized carbons (Fsp3) is 0.250. The van der Waals surface area contributed by atoms with E-state index >= 15 is 0 Å². The van der Waals surface area contributed by atoms with Crippen molar-refractivity contribution in [3.05, 3.63) is 60.9 Å². The predicted octanol–water partition coefficient (Wildman–Crippen LogP) is 4.82. The first-order valence-corrected chi connectivity index (χ1v) is 8.31. The first kappa shape index (κ1) is 16.7. The van der Waals surface area contributed by atoms with Crippen LogP contribution in [0.2, 0.25) is 0 Å². The van der Waals surface area contributed by atoms with Crippen molar-refractivity contribution in [2.45, 2.75) is 13.0 Å². The molecule has 2 aromatic carbocycles. The zero-order valence-electron chi connectivity index (χ0n) is 12.0. The highest BCUT2D eigenvalue weighted by atomic mass is 127. The van der Waals surface area contributed by atoms with Crippen LogP contribution in [-0.2, 0) is 0 Å². The van der Waals surface area contributed by atoms with Gasteiger partial charge in [0.15, 0.2) is 0 Å². The molecule has 0 aromatic heterocycles. The highest BCUT2D eigenvalue weighted by Gasteiger charge is 2.20. The summed E-state index contributed by atoms with van der Waals surface area (Å²) in [5, 5.41) is 3.29. The van der Waals surface area contributed by atoms with Crippen LogP contribution < -0.4 is 10.1 Å². The van der Waals surface area contributed by atoms with Crippen LogP contribution in [0.4, 0.5) is 4.39 Å². The second-order valence-corrected chi connectivity index (χ2v) is 6.75. The van der Waals surface area contributed by atoms with E-state index in [0.717, 1.165) is 30.5 Å². The third-order valence-electron chi connectivity index (χ3n) is 3.38. The molecule has 2 aromatic rings. The van der Waals surface area contributed by atoms with Crippen molar-refractivity contribution in [3.63, 3.8) is 0 Å². The van der Waals surface area contributed by atoms with Gasteiger partial charge in [0.05, 0.1) is 13.2 Å². The van der Waals surface area contributed by atoms with Gasteiger partial charge in [-0.2, -0.15) is 0 Å². The number of ether oxygens (including phenoxy) is 1. The van der Waals surface area contributed by atoms with Crippen molar-refractivity contribution in [1.82, 2.24) is 5.32 Å². The highest BCUT2D eigenvalue weighted by molar-refractivity contribution is 14.1. The summed E-state index contributed by atoms with van der Waals surface area (Å²) < 4.78 is 20.7. The molecule has 1 N–H and O–H groups in total. The molecule has 0 spiro atoms. The van der Waals surface area contributed by atoms with E-state index < -0.39 is 0 Å². The molecular formula is C16H16BrFINO. The van der Waals surface area contributed by atoms with Crippen LogP contribution in [0.25, 0.3) is 0 Å². The normalized spacial score (nSPS) is 12.3. The molecule has 0 fully saturated rings. The maximum atomic E-state index is 13.3. The molecule has 0 amide bonds. The Hall–Kier alpha value is -0.660. The number of aryl methyl sites for hydroxylation is 1. The topological polar surface area (TPSA) is 21.3 Å². The summed E-state index contributed by atoms with van der Waals surface area (Å²) in [5.41, 5.74) is 3.15. The summed E-state index contributed by atoms with van der Waals surface area (Å²) in [5.74, 6) is 0.588. The van der Waals surface area contributed by atoms with Crippen molar-refractivity contribution >= 4 is 38.5 Å². The van der Waals surface area contributed by atoms with Crippen molar-refractivity contribution in [2.24, 2.45) is 0 Å². The molecule has 0 radical (unpaired) electrons. The molecule has 21 heavy (non-hydrogen) atoms. The fourth-order valence-electron chi connectivity index (χ4n) is 2.29. The molecule has 1 unspecified atom stereocenters. The smallest absolute Gasteiger partial charge is 0.124 e. The molecule has 0 heterocycles. The average Bonchev–Trinajstić information content (AvgIpc) is 2.45. The lowest BCUT2D eigenvalue weighted by atomic mass is 9.97. The molecule has 0 aliphatic rings. The Morgan fingerprint density at radius 1 is 1.24 bits per heavy atom. The number of hydrogen-bond acceptors (Lipinski definition) is 2. The van der Waals surface area contributed by atoms with Crippen molar-refractivity contribution in [2.75, 3.05) is 14.2 Å². The van der Waals surface area contributed by atoms with Gasteiger partial charge in [-0.3, -0.25) is 0 Å². The van der Waals surface area contributed by atoms with Gasteiger partial charge >= 0.3 is 0 Å². The molecule has 0 saturated heterocycles. The first-order valence-electron chi connectivity index (χ1n) is 6.44. The Labute approximate surface area is 146 Å². The minimum absolute atomic E-state index is 0.0654. The Morgan fingerprint density at radius 2 is 1.95 bits per heavy atom. The Bertz CT molecular complexity index is 663. The van der Waals surface area contributed by atoms with Gasteiger partial charge in [0.1, 0.15) is 11.6 Å². The van der Waals surface area contributed by atoms with E-state index in [1.807, 2.05) is 26.1 Å². The van der Waals surface area contributed by atoms with E-state index in [1.54, 1.807) is 7.11 Å². The van der Waals surface area contributed by atoms with Gasteiger partial charge in [0, 0.05) is 13.6 Å². The number of methoxy groups -OCH3 is 1. The maximum Gasteiger partial charge on any atom is 0.124 e. The average molecular weight is 464 g/mol. The molecule has 2 rings (SSSR count). The molecular weight excluding hydrogens is 448 g/mol. The van der Waals surface area contributed by atoms with E-state index in [-0.39, 0.29) is 11.9 Å². The minimum atomic E-state index is -0.227. The fourth-order valence-corrected chi connectivity index (χ4v) is 3.44. The van der Waals surface area contributed by atoms with E-state index in [1.165, 1.54) is 12.1 Å². The van der Waals surface area contributed by atoms with Crippen LogP contribution in [0.5, 0.6) is 5.75 Å². The standard InChI is InChI=1S/C16H16BrFINO/c1-9-6-15(21-3)12(8-13(9)17)16(20-2)11-5-4-10(18)7-14(11)19/h4-8,16,20H,1-3H3. The summed E-state index contributed by atoms with van der Waals surface area (Å²) in [7, 11) is 3.55. The van der Waals surface area contributed by atoms with Gasteiger partial charge in [-0.05, 0) is 72.0 Å². The number of halogens is 3. The molecule has 1 atom stereocenters. The lowest BCUT2D eigenvalue weighted by Gasteiger charge is -2.22. The van der Waals surface area contributed by atoms with Crippen LogP contribution in [0.1, 0.15) is 22.7 Å². The predicted molar refractivity (Wildman–Crippen MR) is 95.5 cm³/mol. The van der Waals surface area contributed by atoms with Gasteiger partial charge in [-0.25, -0.2) is 4.39 Å². The Kier molecular flexibility index (Phi) is 5.62. The van der Waals surface area contributed by atoms with E-state index in [2.05, 4.69) is 49.9 Å².